The predicted molar refractivity (Wildman–Crippen MR) is 53.4 cm³/mol. The molecule has 0 aliphatic heterocycles. The van der Waals surface area contributed by atoms with Crippen molar-refractivity contribution in [2.75, 3.05) is 5.73 Å². The number of oxazole rings is 1. The van der Waals surface area contributed by atoms with E-state index in [1.54, 1.807) is 18.2 Å². The van der Waals surface area contributed by atoms with Gasteiger partial charge >= 0.3 is 11.5 Å². The second-order valence-corrected chi connectivity index (χ2v) is 3.05. The summed E-state index contributed by atoms with van der Waals surface area (Å²) in [7, 11) is 0. The minimum absolute atomic E-state index is 0.0842. The zero-order valence-electron chi connectivity index (χ0n) is 7.54. The first-order valence-corrected chi connectivity index (χ1v) is 4.29. The van der Waals surface area contributed by atoms with Gasteiger partial charge in [-0.1, -0.05) is 12.1 Å². The molecule has 0 unspecified atom stereocenters. The molecule has 15 heavy (non-hydrogen) atoms. The summed E-state index contributed by atoms with van der Waals surface area (Å²) < 4.78 is 6.63. The zero-order valence-corrected chi connectivity index (χ0v) is 7.54. The molecule has 0 aliphatic rings. The third-order valence-electron chi connectivity index (χ3n) is 2.11. The van der Waals surface area contributed by atoms with Crippen LogP contribution in [0.15, 0.2) is 33.5 Å². The highest BCUT2D eigenvalue weighted by atomic mass is 16.4. The quantitative estimate of drug-likeness (QED) is 0.570. The van der Waals surface area contributed by atoms with Crippen molar-refractivity contribution in [1.82, 2.24) is 14.4 Å². The van der Waals surface area contributed by atoms with Crippen LogP contribution in [0.25, 0.3) is 16.9 Å². The molecule has 0 saturated heterocycles. The van der Waals surface area contributed by atoms with Crippen LogP contribution in [0.5, 0.6) is 0 Å². The van der Waals surface area contributed by atoms with Gasteiger partial charge in [0.2, 0.25) is 5.95 Å². The van der Waals surface area contributed by atoms with Crippen molar-refractivity contribution in [3.8, 4) is 0 Å². The fraction of sp³-hybridized carbons (Fsp3) is 0. The molecule has 2 N–H and O–H groups in total. The van der Waals surface area contributed by atoms with E-state index in [1.807, 2.05) is 6.07 Å². The van der Waals surface area contributed by atoms with Crippen molar-refractivity contribution in [1.29, 1.82) is 0 Å². The molecule has 0 aliphatic carbocycles. The molecular weight excluding hydrogens is 196 g/mol. The molecule has 2 aromatic heterocycles. The number of nitrogens with zero attached hydrogens (tertiary/aromatic N) is 3. The largest absolute Gasteiger partial charge is 0.423 e. The molecule has 0 fully saturated rings. The molecule has 0 atom stereocenters. The van der Waals surface area contributed by atoms with E-state index in [2.05, 4.69) is 9.97 Å². The summed E-state index contributed by atoms with van der Waals surface area (Å²) in [5.41, 5.74) is 6.08. The molecule has 0 amide bonds. The van der Waals surface area contributed by atoms with E-state index in [0.29, 0.717) is 11.1 Å². The molecular formula is C9H6N4O2. The Hall–Kier alpha value is -2.37. The average Bonchev–Trinajstić information content (AvgIpc) is 2.54. The summed E-state index contributed by atoms with van der Waals surface area (Å²) in [5, 5.41) is 0. The number of nitrogen functional groups attached to an aromatic ring is 1. The smallest absolute Gasteiger partial charge is 0.359 e. The standard InChI is InChI=1S/C9H6N4O2/c10-7-11-8(14)13-5-3-1-2-4-6(5)15-9(13)12-7/h1-4H,(H2,10,11,14). The molecule has 3 rings (SSSR count). The Kier molecular flexibility index (Phi) is 1.37. The van der Waals surface area contributed by atoms with Crippen LogP contribution >= 0.6 is 0 Å². The number of hydrogen-bond donors (Lipinski definition) is 1. The maximum absolute atomic E-state index is 11.5. The molecule has 6 heteroatoms. The zero-order chi connectivity index (χ0) is 10.4. The molecule has 0 saturated carbocycles. The van der Waals surface area contributed by atoms with Gasteiger partial charge in [0.1, 0.15) is 0 Å². The van der Waals surface area contributed by atoms with E-state index in [-0.39, 0.29) is 11.8 Å². The number of nitrogens with two attached hydrogens (primary N) is 1. The van der Waals surface area contributed by atoms with Crippen LogP contribution in [0.2, 0.25) is 0 Å². The van der Waals surface area contributed by atoms with Gasteiger partial charge in [0.25, 0.3) is 0 Å². The van der Waals surface area contributed by atoms with Crippen LogP contribution in [0.3, 0.4) is 0 Å². The van der Waals surface area contributed by atoms with E-state index in [9.17, 15) is 4.79 Å². The molecule has 3 aromatic rings. The Morgan fingerprint density at radius 1 is 1.27 bits per heavy atom. The van der Waals surface area contributed by atoms with Gasteiger partial charge in [-0.05, 0) is 12.1 Å². The number of para-hydroxylation sites is 2. The summed E-state index contributed by atoms with van der Waals surface area (Å²) in [5.74, 6) is 0.0766. The van der Waals surface area contributed by atoms with E-state index < -0.39 is 5.69 Å². The van der Waals surface area contributed by atoms with Crippen molar-refractivity contribution in [3.63, 3.8) is 0 Å². The van der Waals surface area contributed by atoms with Crippen molar-refractivity contribution in [3.05, 3.63) is 34.7 Å². The lowest BCUT2D eigenvalue weighted by Crippen LogP contribution is -2.18. The summed E-state index contributed by atoms with van der Waals surface area (Å²) >= 11 is 0. The molecule has 0 radical (unpaired) electrons. The van der Waals surface area contributed by atoms with Crippen molar-refractivity contribution in [2.24, 2.45) is 0 Å². The van der Waals surface area contributed by atoms with Crippen molar-refractivity contribution >= 4 is 22.9 Å². The monoisotopic (exact) mass is 202 g/mol. The van der Waals surface area contributed by atoms with E-state index in [0.717, 1.165) is 0 Å². The van der Waals surface area contributed by atoms with Gasteiger partial charge in [0.05, 0.1) is 5.52 Å². The lowest BCUT2D eigenvalue weighted by Gasteiger charge is -1.91. The average molecular weight is 202 g/mol. The molecule has 0 spiro atoms. The lowest BCUT2D eigenvalue weighted by molar-refractivity contribution is 0.630. The Morgan fingerprint density at radius 3 is 2.93 bits per heavy atom. The molecule has 74 valence electrons. The van der Waals surface area contributed by atoms with E-state index >= 15 is 0 Å². The van der Waals surface area contributed by atoms with Crippen molar-refractivity contribution < 1.29 is 4.42 Å². The number of hydrogen-bond acceptors (Lipinski definition) is 5. The van der Waals surface area contributed by atoms with Gasteiger partial charge in [-0.15, -0.1) is 0 Å². The Morgan fingerprint density at radius 2 is 2.07 bits per heavy atom. The predicted octanol–water partition coefficient (Wildman–Crippen LogP) is 0.418. The Balaban J connectivity index is 2.67. The van der Waals surface area contributed by atoms with Crippen LogP contribution in [0.1, 0.15) is 0 Å². The van der Waals surface area contributed by atoms with Crippen LogP contribution in [-0.4, -0.2) is 14.4 Å². The number of aromatic nitrogens is 3. The summed E-state index contributed by atoms with van der Waals surface area (Å²) in [6, 6.07) is 7.12. The summed E-state index contributed by atoms with van der Waals surface area (Å²) in [6.07, 6.45) is 0. The molecule has 2 heterocycles. The minimum Gasteiger partial charge on any atom is -0.423 e. The third-order valence-corrected chi connectivity index (χ3v) is 2.11. The Bertz CT molecular complexity index is 713. The van der Waals surface area contributed by atoms with Gasteiger partial charge in [0.15, 0.2) is 5.58 Å². The van der Waals surface area contributed by atoms with Gasteiger partial charge in [-0.25, -0.2) is 9.20 Å². The highest BCUT2D eigenvalue weighted by molar-refractivity contribution is 5.75. The normalized spacial score (nSPS) is 11.2. The van der Waals surface area contributed by atoms with Gasteiger partial charge in [0, 0.05) is 0 Å². The van der Waals surface area contributed by atoms with E-state index in [1.165, 1.54) is 4.40 Å². The fourth-order valence-electron chi connectivity index (χ4n) is 1.50. The van der Waals surface area contributed by atoms with Crippen LogP contribution in [-0.2, 0) is 0 Å². The topological polar surface area (TPSA) is 86.4 Å². The fourth-order valence-corrected chi connectivity index (χ4v) is 1.50. The SMILES string of the molecule is Nc1nc(=O)n2c(n1)oc1ccccc12. The first-order valence-electron chi connectivity index (χ1n) is 4.29. The van der Waals surface area contributed by atoms with Gasteiger partial charge < -0.3 is 10.2 Å². The highest BCUT2D eigenvalue weighted by Crippen LogP contribution is 2.16. The first kappa shape index (κ1) is 7.98. The minimum atomic E-state index is -0.484. The molecule has 0 bridgehead atoms. The van der Waals surface area contributed by atoms with E-state index in [4.69, 9.17) is 10.2 Å². The number of benzene rings is 1. The maximum atomic E-state index is 11.5. The Labute approximate surface area is 83.0 Å². The highest BCUT2D eigenvalue weighted by Gasteiger charge is 2.09. The van der Waals surface area contributed by atoms with Crippen LogP contribution < -0.4 is 11.4 Å². The third kappa shape index (κ3) is 1.01. The molecule has 6 nitrogen and oxygen atoms in total. The first-order chi connectivity index (χ1) is 7.25. The maximum Gasteiger partial charge on any atom is 0.359 e. The second-order valence-electron chi connectivity index (χ2n) is 3.05. The summed E-state index contributed by atoms with van der Waals surface area (Å²) in [6.45, 7) is 0. The second kappa shape index (κ2) is 2.57. The molecule has 1 aromatic carbocycles. The number of anilines is 1. The number of fused-ring (bicyclic) bond motifs is 3. The number of rotatable bonds is 0. The lowest BCUT2D eigenvalue weighted by atomic mass is 10.3. The van der Waals surface area contributed by atoms with Crippen LogP contribution in [0.4, 0.5) is 5.95 Å². The van der Waals surface area contributed by atoms with Gasteiger partial charge in [-0.2, -0.15) is 9.97 Å². The van der Waals surface area contributed by atoms with Crippen molar-refractivity contribution in [2.45, 2.75) is 0 Å². The van der Waals surface area contributed by atoms with Gasteiger partial charge in [-0.3, -0.25) is 0 Å². The van der Waals surface area contributed by atoms with Crippen LogP contribution in [0, 0.1) is 0 Å². The summed E-state index contributed by atoms with van der Waals surface area (Å²) in [4.78, 5) is 18.9.